The highest BCUT2D eigenvalue weighted by Gasteiger charge is 2.16. The largest absolute Gasteiger partial charge is 0.497 e. The number of carbonyl (C=O) groups excluding carboxylic acids is 1. The molecule has 0 bridgehead atoms. The summed E-state index contributed by atoms with van der Waals surface area (Å²) in [6.07, 6.45) is 0. The molecule has 2 rings (SSSR count). The van der Waals surface area contributed by atoms with Crippen LogP contribution in [0, 0.1) is 6.92 Å². The van der Waals surface area contributed by atoms with E-state index >= 15 is 0 Å². The molecule has 26 heavy (non-hydrogen) atoms. The molecule has 0 aliphatic carbocycles. The Kier molecular flexibility index (Phi) is 7.22. The Labute approximate surface area is 176 Å². The fourth-order valence-corrected chi connectivity index (χ4v) is 4.54. The minimum Gasteiger partial charge on any atom is -0.497 e. The maximum Gasteiger partial charge on any atom is 0.234 e. The number of nitrogens with one attached hydrogen (secondary N) is 1. The third-order valence-corrected chi connectivity index (χ3v) is 6.34. The van der Waals surface area contributed by atoms with E-state index in [-0.39, 0.29) is 11.3 Å². The van der Waals surface area contributed by atoms with E-state index in [0.29, 0.717) is 17.2 Å². The molecule has 3 nitrogen and oxygen atoms in total. The van der Waals surface area contributed by atoms with Crippen molar-refractivity contribution >= 4 is 55.2 Å². The van der Waals surface area contributed by atoms with Gasteiger partial charge in [0.2, 0.25) is 5.91 Å². The lowest BCUT2D eigenvalue weighted by Gasteiger charge is -2.20. The first-order valence-electron chi connectivity index (χ1n) is 8.18. The van der Waals surface area contributed by atoms with Crippen LogP contribution >= 0.6 is 43.6 Å². The van der Waals surface area contributed by atoms with Crippen molar-refractivity contribution in [1.82, 2.24) is 0 Å². The van der Waals surface area contributed by atoms with Crippen molar-refractivity contribution in [2.75, 3.05) is 18.2 Å². The number of benzene rings is 2. The molecule has 0 heterocycles. The summed E-state index contributed by atoms with van der Waals surface area (Å²) in [6, 6.07) is 10.1. The van der Waals surface area contributed by atoms with E-state index in [1.165, 1.54) is 11.1 Å². The lowest BCUT2D eigenvalue weighted by Crippen LogP contribution is -2.15. The van der Waals surface area contributed by atoms with Gasteiger partial charge in [0.25, 0.3) is 0 Å². The van der Waals surface area contributed by atoms with Gasteiger partial charge in [0, 0.05) is 13.8 Å². The van der Waals surface area contributed by atoms with Gasteiger partial charge < -0.3 is 10.1 Å². The SMILES string of the molecule is COc1cc(Br)c(NC(=O)CSc2cc(C(C)(C)C)ccc2C)c(Br)c1. The van der Waals surface area contributed by atoms with E-state index in [9.17, 15) is 4.79 Å². The van der Waals surface area contributed by atoms with Crippen LogP contribution in [0.1, 0.15) is 31.9 Å². The van der Waals surface area contributed by atoms with Gasteiger partial charge in [-0.15, -0.1) is 11.8 Å². The molecule has 0 spiro atoms. The number of halogens is 2. The number of hydrogen-bond acceptors (Lipinski definition) is 3. The van der Waals surface area contributed by atoms with Crippen molar-refractivity contribution in [2.24, 2.45) is 0 Å². The summed E-state index contributed by atoms with van der Waals surface area (Å²) in [7, 11) is 1.61. The van der Waals surface area contributed by atoms with Gasteiger partial charge in [-0.05, 0) is 73.5 Å². The lowest BCUT2D eigenvalue weighted by atomic mass is 9.87. The van der Waals surface area contributed by atoms with Crippen LogP contribution in [0.2, 0.25) is 0 Å². The summed E-state index contributed by atoms with van der Waals surface area (Å²) < 4.78 is 6.76. The Morgan fingerprint density at radius 3 is 2.31 bits per heavy atom. The zero-order chi connectivity index (χ0) is 19.5. The van der Waals surface area contributed by atoms with Gasteiger partial charge in [0.15, 0.2) is 0 Å². The van der Waals surface area contributed by atoms with Crippen LogP contribution in [0.15, 0.2) is 44.2 Å². The molecule has 2 aromatic rings. The summed E-state index contributed by atoms with van der Waals surface area (Å²) >= 11 is 8.51. The first kappa shape index (κ1) is 21.3. The Morgan fingerprint density at radius 1 is 1.15 bits per heavy atom. The van der Waals surface area contributed by atoms with Crippen molar-refractivity contribution < 1.29 is 9.53 Å². The topological polar surface area (TPSA) is 38.3 Å². The second kappa shape index (κ2) is 8.81. The van der Waals surface area contributed by atoms with Crippen molar-refractivity contribution in [3.8, 4) is 5.75 Å². The zero-order valence-electron chi connectivity index (χ0n) is 15.6. The maximum absolute atomic E-state index is 12.4. The van der Waals surface area contributed by atoms with E-state index in [0.717, 1.165) is 13.8 Å². The third kappa shape index (κ3) is 5.51. The molecule has 1 amide bonds. The van der Waals surface area contributed by atoms with Gasteiger partial charge in [0.05, 0.1) is 18.6 Å². The molecule has 0 aromatic heterocycles. The molecule has 2 aromatic carbocycles. The highest BCUT2D eigenvalue weighted by Crippen LogP contribution is 2.36. The highest BCUT2D eigenvalue weighted by molar-refractivity contribution is 9.11. The smallest absolute Gasteiger partial charge is 0.234 e. The van der Waals surface area contributed by atoms with E-state index < -0.39 is 0 Å². The molecule has 0 radical (unpaired) electrons. The highest BCUT2D eigenvalue weighted by atomic mass is 79.9. The van der Waals surface area contributed by atoms with Crippen LogP contribution in [0.3, 0.4) is 0 Å². The first-order valence-corrected chi connectivity index (χ1v) is 10.8. The number of methoxy groups -OCH3 is 1. The number of aryl methyl sites for hydroxylation is 1. The quantitative estimate of drug-likeness (QED) is 0.472. The fourth-order valence-electron chi connectivity index (χ4n) is 2.33. The molecule has 0 unspecified atom stereocenters. The number of carbonyl (C=O) groups is 1. The van der Waals surface area contributed by atoms with Crippen LogP contribution in [-0.2, 0) is 10.2 Å². The summed E-state index contributed by atoms with van der Waals surface area (Å²) in [5, 5.41) is 2.96. The molecule has 0 saturated carbocycles. The number of ether oxygens (including phenoxy) is 1. The predicted molar refractivity (Wildman–Crippen MR) is 118 cm³/mol. The Bertz CT molecular complexity index is 793. The fraction of sp³-hybridized carbons (Fsp3) is 0.350. The number of hydrogen-bond donors (Lipinski definition) is 1. The Balaban J connectivity index is 2.08. The lowest BCUT2D eigenvalue weighted by molar-refractivity contribution is -0.113. The molecule has 0 fully saturated rings. The first-order chi connectivity index (χ1) is 12.1. The minimum atomic E-state index is -0.0536. The summed E-state index contributed by atoms with van der Waals surface area (Å²) in [5.41, 5.74) is 3.25. The normalized spacial score (nSPS) is 11.3. The molecule has 0 saturated heterocycles. The van der Waals surface area contributed by atoms with Gasteiger partial charge in [-0.1, -0.05) is 32.9 Å². The van der Waals surface area contributed by atoms with Crippen LogP contribution in [-0.4, -0.2) is 18.8 Å². The molecule has 0 aliphatic heterocycles. The Morgan fingerprint density at radius 2 is 1.77 bits per heavy atom. The van der Waals surface area contributed by atoms with Crippen LogP contribution in [0.4, 0.5) is 5.69 Å². The predicted octanol–water partition coefficient (Wildman–Crippen LogP) is 6.56. The van der Waals surface area contributed by atoms with Crippen LogP contribution in [0.5, 0.6) is 5.75 Å². The number of thioether (sulfide) groups is 1. The van der Waals surface area contributed by atoms with E-state index in [1.807, 2.05) is 12.1 Å². The summed E-state index contributed by atoms with van der Waals surface area (Å²) in [6.45, 7) is 8.65. The van der Waals surface area contributed by atoms with E-state index in [2.05, 4.69) is 83.1 Å². The molecular weight excluding hydrogens is 478 g/mol. The number of rotatable bonds is 5. The van der Waals surface area contributed by atoms with Gasteiger partial charge in [-0.25, -0.2) is 0 Å². The van der Waals surface area contributed by atoms with Gasteiger partial charge in [-0.2, -0.15) is 0 Å². The molecule has 0 aliphatic rings. The molecule has 1 N–H and O–H groups in total. The van der Waals surface area contributed by atoms with Gasteiger partial charge in [0.1, 0.15) is 5.75 Å². The monoisotopic (exact) mass is 499 g/mol. The maximum atomic E-state index is 12.4. The van der Waals surface area contributed by atoms with E-state index in [4.69, 9.17) is 4.74 Å². The standard InChI is InChI=1S/C20H23Br2NO2S/c1-12-6-7-13(20(2,3)4)8-17(12)26-11-18(24)23-19-15(21)9-14(25-5)10-16(19)22/h6-10H,11H2,1-5H3,(H,23,24). The van der Waals surface area contributed by atoms with Crippen molar-refractivity contribution in [1.29, 1.82) is 0 Å². The Hall–Kier alpha value is -0.980. The number of amides is 1. The van der Waals surface area contributed by atoms with Crippen molar-refractivity contribution in [3.63, 3.8) is 0 Å². The van der Waals surface area contributed by atoms with Crippen molar-refractivity contribution in [3.05, 3.63) is 50.4 Å². The summed E-state index contributed by atoms with van der Waals surface area (Å²) in [4.78, 5) is 13.6. The average molecular weight is 501 g/mol. The van der Waals surface area contributed by atoms with Crippen LogP contribution in [0.25, 0.3) is 0 Å². The van der Waals surface area contributed by atoms with E-state index in [1.54, 1.807) is 18.9 Å². The molecular formula is C20H23Br2NO2S. The minimum absolute atomic E-state index is 0.0536. The molecule has 6 heteroatoms. The van der Waals surface area contributed by atoms with Crippen LogP contribution < -0.4 is 10.1 Å². The van der Waals surface area contributed by atoms with Gasteiger partial charge in [-0.3, -0.25) is 4.79 Å². The third-order valence-electron chi connectivity index (χ3n) is 3.93. The molecule has 0 atom stereocenters. The average Bonchev–Trinajstić information content (AvgIpc) is 2.56. The summed E-state index contributed by atoms with van der Waals surface area (Å²) in [5.74, 6) is 1.01. The number of anilines is 1. The second-order valence-electron chi connectivity index (χ2n) is 7.03. The zero-order valence-corrected chi connectivity index (χ0v) is 19.6. The van der Waals surface area contributed by atoms with Crippen molar-refractivity contribution in [2.45, 2.75) is 38.0 Å². The second-order valence-corrected chi connectivity index (χ2v) is 9.76. The van der Waals surface area contributed by atoms with Gasteiger partial charge >= 0.3 is 0 Å². The molecule has 140 valence electrons.